The number of aryl methyl sites for hydroxylation is 1. The van der Waals surface area contributed by atoms with Crippen LogP contribution in [0.25, 0.3) is 10.9 Å². The Kier molecular flexibility index (Phi) is 5.96. The molecule has 3 aliphatic rings. The first kappa shape index (κ1) is 21.6. The molecule has 0 bridgehead atoms. The number of amides is 1. The Morgan fingerprint density at radius 3 is 2.71 bits per heavy atom. The molecule has 0 radical (unpaired) electrons. The van der Waals surface area contributed by atoms with Gasteiger partial charge in [-0.25, -0.2) is 5.43 Å². The normalized spacial score (nSPS) is 21.1. The molecule has 1 atom stereocenters. The van der Waals surface area contributed by atoms with Gasteiger partial charge in [0, 0.05) is 29.7 Å². The fraction of sp³-hybridized carbons (Fsp3) is 0.448. The van der Waals surface area contributed by atoms with Crippen LogP contribution < -0.4 is 5.43 Å². The van der Waals surface area contributed by atoms with Gasteiger partial charge in [0.2, 0.25) is 0 Å². The van der Waals surface area contributed by atoms with Crippen molar-refractivity contribution in [3.8, 4) is 0 Å². The van der Waals surface area contributed by atoms with Gasteiger partial charge in [0.1, 0.15) is 0 Å². The van der Waals surface area contributed by atoms with Crippen LogP contribution in [0.3, 0.4) is 0 Å². The van der Waals surface area contributed by atoms with Crippen molar-refractivity contribution in [3.05, 3.63) is 70.9 Å². The molecule has 176 valence electrons. The summed E-state index contributed by atoms with van der Waals surface area (Å²) < 4.78 is 2.56. The molecule has 1 N–H and O–H groups in total. The standard InChI is InChI=1S/C29H34N4O/c34-28(31-30-19-21-8-3-1-4-9-21)20-32-16-17-33-26-15-14-23(22-10-5-2-6-11-22)18-25(26)24-12-7-13-27(32)29(24)33/h1,3-4,8-9,14-15,18-19,22,27H,2,5-7,10-13,16-17,20H2,(H,31,34)/b30-19+. The zero-order valence-electron chi connectivity index (χ0n) is 19.9. The number of carbonyl (C=O) groups excluding carboxylic acids is 1. The maximum Gasteiger partial charge on any atom is 0.254 e. The average molecular weight is 455 g/mol. The second-order valence-corrected chi connectivity index (χ2v) is 10.2. The molecule has 2 heterocycles. The molecule has 2 aromatic carbocycles. The Hall–Kier alpha value is -2.92. The zero-order chi connectivity index (χ0) is 22.9. The van der Waals surface area contributed by atoms with E-state index in [1.807, 2.05) is 30.3 Å². The number of nitrogens with one attached hydrogen (secondary N) is 1. The molecule has 0 saturated heterocycles. The van der Waals surface area contributed by atoms with E-state index < -0.39 is 0 Å². The van der Waals surface area contributed by atoms with Crippen LogP contribution in [0.1, 0.15) is 79.3 Å². The first-order valence-electron chi connectivity index (χ1n) is 13.0. The number of carbonyl (C=O) groups is 1. The summed E-state index contributed by atoms with van der Waals surface area (Å²) in [5, 5.41) is 5.64. The summed E-state index contributed by atoms with van der Waals surface area (Å²) in [7, 11) is 0. The Morgan fingerprint density at radius 2 is 1.85 bits per heavy atom. The number of benzene rings is 2. The van der Waals surface area contributed by atoms with Crippen LogP contribution in [-0.4, -0.2) is 34.7 Å². The van der Waals surface area contributed by atoms with E-state index in [1.165, 1.54) is 60.7 Å². The highest BCUT2D eigenvalue weighted by Crippen LogP contribution is 2.44. The molecule has 1 amide bonds. The quantitative estimate of drug-likeness (QED) is 0.407. The fourth-order valence-electron chi connectivity index (χ4n) is 6.51. The van der Waals surface area contributed by atoms with Crippen LogP contribution in [0.2, 0.25) is 0 Å². The van der Waals surface area contributed by atoms with Gasteiger partial charge in [0.05, 0.1) is 18.8 Å². The van der Waals surface area contributed by atoms with E-state index in [9.17, 15) is 4.79 Å². The van der Waals surface area contributed by atoms with Crippen molar-refractivity contribution in [3.63, 3.8) is 0 Å². The van der Waals surface area contributed by atoms with Crippen molar-refractivity contribution >= 4 is 23.0 Å². The summed E-state index contributed by atoms with van der Waals surface area (Å²) in [6, 6.07) is 17.5. The monoisotopic (exact) mass is 454 g/mol. The fourth-order valence-corrected chi connectivity index (χ4v) is 6.51. The molecule has 3 aromatic rings. The predicted molar refractivity (Wildman–Crippen MR) is 137 cm³/mol. The maximum absolute atomic E-state index is 12.7. The van der Waals surface area contributed by atoms with Crippen LogP contribution in [0.15, 0.2) is 53.6 Å². The number of hydrogen-bond donors (Lipinski definition) is 1. The van der Waals surface area contributed by atoms with Crippen molar-refractivity contribution in [2.24, 2.45) is 5.10 Å². The van der Waals surface area contributed by atoms with Gasteiger partial charge in [0.25, 0.3) is 5.91 Å². The molecule has 6 rings (SSSR count). The lowest BCUT2D eigenvalue weighted by Crippen LogP contribution is -2.44. The van der Waals surface area contributed by atoms with Gasteiger partial charge >= 0.3 is 0 Å². The molecule has 5 heteroatoms. The largest absolute Gasteiger partial charge is 0.342 e. The number of hydrogen-bond acceptors (Lipinski definition) is 3. The first-order valence-corrected chi connectivity index (χ1v) is 13.0. The number of aromatic nitrogens is 1. The van der Waals surface area contributed by atoms with E-state index in [0.717, 1.165) is 37.4 Å². The molecule has 2 aliphatic carbocycles. The zero-order valence-corrected chi connectivity index (χ0v) is 19.9. The van der Waals surface area contributed by atoms with Gasteiger partial charge in [-0.05, 0) is 66.8 Å². The van der Waals surface area contributed by atoms with Crippen molar-refractivity contribution in [1.29, 1.82) is 0 Å². The molecule has 1 aliphatic heterocycles. The molecule has 34 heavy (non-hydrogen) atoms. The molecule has 1 fully saturated rings. The van der Waals surface area contributed by atoms with Gasteiger partial charge in [-0.1, -0.05) is 55.7 Å². The van der Waals surface area contributed by atoms with Crippen LogP contribution in [-0.2, 0) is 17.8 Å². The van der Waals surface area contributed by atoms with Crippen molar-refractivity contribution in [2.45, 2.75) is 69.9 Å². The highest BCUT2D eigenvalue weighted by molar-refractivity contribution is 5.87. The summed E-state index contributed by atoms with van der Waals surface area (Å²) in [5.74, 6) is 0.696. The van der Waals surface area contributed by atoms with Crippen LogP contribution in [0.4, 0.5) is 0 Å². The summed E-state index contributed by atoms with van der Waals surface area (Å²) in [6.07, 6.45) is 12.0. The van der Waals surface area contributed by atoms with Crippen molar-refractivity contribution in [1.82, 2.24) is 14.9 Å². The lowest BCUT2D eigenvalue weighted by Gasteiger charge is -2.39. The van der Waals surface area contributed by atoms with E-state index in [4.69, 9.17) is 0 Å². The minimum Gasteiger partial charge on any atom is -0.342 e. The summed E-state index contributed by atoms with van der Waals surface area (Å²) >= 11 is 0. The Morgan fingerprint density at radius 1 is 1.00 bits per heavy atom. The molecule has 0 spiro atoms. The second-order valence-electron chi connectivity index (χ2n) is 10.2. The Bertz CT molecular complexity index is 1210. The minimum absolute atomic E-state index is 0.0385. The van der Waals surface area contributed by atoms with Crippen LogP contribution in [0, 0.1) is 0 Å². The summed E-state index contributed by atoms with van der Waals surface area (Å²) in [5.41, 5.74) is 9.66. The number of fused-ring (bicyclic) bond motifs is 3. The molecule has 1 unspecified atom stereocenters. The van der Waals surface area contributed by atoms with E-state index in [0.29, 0.717) is 12.6 Å². The number of hydrazone groups is 1. The SMILES string of the molecule is O=C(CN1CCn2c3c(c4cc(C5CCCCC5)ccc42)CCCC31)N/N=C/c1ccccc1. The van der Waals surface area contributed by atoms with E-state index in [-0.39, 0.29) is 5.91 Å². The minimum atomic E-state index is -0.0385. The summed E-state index contributed by atoms with van der Waals surface area (Å²) in [6.45, 7) is 2.25. The van der Waals surface area contributed by atoms with Gasteiger partial charge in [0.15, 0.2) is 0 Å². The van der Waals surface area contributed by atoms with Gasteiger partial charge < -0.3 is 4.57 Å². The topological polar surface area (TPSA) is 49.6 Å². The molecule has 5 nitrogen and oxygen atoms in total. The Labute approximate surface area is 201 Å². The highest BCUT2D eigenvalue weighted by Gasteiger charge is 2.35. The highest BCUT2D eigenvalue weighted by atomic mass is 16.2. The Balaban J connectivity index is 1.22. The molecular formula is C29H34N4O. The van der Waals surface area contributed by atoms with Gasteiger partial charge in [-0.15, -0.1) is 0 Å². The maximum atomic E-state index is 12.7. The third-order valence-corrected chi connectivity index (χ3v) is 8.13. The van der Waals surface area contributed by atoms with Crippen molar-refractivity contribution < 1.29 is 4.79 Å². The van der Waals surface area contributed by atoms with Crippen LogP contribution >= 0.6 is 0 Å². The van der Waals surface area contributed by atoms with E-state index in [1.54, 1.807) is 11.8 Å². The third kappa shape index (κ3) is 4.07. The van der Waals surface area contributed by atoms with Crippen molar-refractivity contribution in [2.75, 3.05) is 13.1 Å². The number of rotatable bonds is 5. The first-order chi connectivity index (χ1) is 16.8. The molecular weight excluding hydrogens is 420 g/mol. The second kappa shape index (κ2) is 9.38. The molecule has 1 aromatic heterocycles. The third-order valence-electron chi connectivity index (χ3n) is 8.13. The van der Waals surface area contributed by atoms with Gasteiger partial charge in [-0.2, -0.15) is 5.10 Å². The average Bonchev–Trinajstić information content (AvgIpc) is 3.21. The lowest BCUT2D eigenvalue weighted by molar-refractivity contribution is -0.123. The predicted octanol–water partition coefficient (Wildman–Crippen LogP) is 5.53. The van der Waals surface area contributed by atoms with E-state index >= 15 is 0 Å². The smallest absolute Gasteiger partial charge is 0.254 e. The van der Waals surface area contributed by atoms with Gasteiger partial charge in [-0.3, -0.25) is 9.69 Å². The summed E-state index contributed by atoms with van der Waals surface area (Å²) in [4.78, 5) is 15.1. The van der Waals surface area contributed by atoms with Crippen LogP contribution in [0.5, 0.6) is 0 Å². The molecule has 1 saturated carbocycles. The van der Waals surface area contributed by atoms with E-state index in [2.05, 4.69) is 38.2 Å². The lowest BCUT2D eigenvalue weighted by atomic mass is 9.83. The number of nitrogens with zero attached hydrogens (tertiary/aromatic N) is 3.